The van der Waals surface area contributed by atoms with Crippen LogP contribution >= 0.6 is 11.8 Å². The maximum absolute atomic E-state index is 11.3. The molecule has 0 aliphatic rings. The van der Waals surface area contributed by atoms with Crippen LogP contribution in [0.1, 0.15) is 21.6 Å². The van der Waals surface area contributed by atoms with Gasteiger partial charge in [-0.25, -0.2) is 4.98 Å². The molecule has 1 aromatic heterocycles. The van der Waals surface area contributed by atoms with Crippen LogP contribution in [-0.4, -0.2) is 10.9 Å². The molecule has 19 heavy (non-hydrogen) atoms. The first-order valence-corrected chi connectivity index (χ1v) is 6.60. The number of hydrogen-bond acceptors (Lipinski definition) is 4. The second kappa shape index (κ2) is 5.32. The van der Waals surface area contributed by atoms with Gasteiger partial charge in [0.05, 0.1) is 11.3 Å². The molecule has 4 N–H and O–H groups in total. The summed E-state index contributed by atoms with van der Waals surface area (Å²) in [5.74, 6) is -0.520. The third-order valence-electron chi connectivity index (χ3n) is 2.62. The topological polar surface area (TPSA) is 82.0 Å². The molecule has 0 fully saturated rings. The maximum atomic E-state index is 11.3. The van der Waals surface area contributed by atoms with Gasteiger partial charge in [0.15, 0.2) is 0 Å². The number of nitrogens with two attached hydrogens (primary N) is 2. The lowest BCUT2D eigenvalue weighted by molar-refractivity contribution is 0.100. The van der Waals surface area contributed by atoms with Crippen LogP contribution in [0.5, 0.6) is 0 Å². The first-order valence-electron chi connectivity index (χ1n) is 5.79. The third kappa shape index (κ3) is 3.06. The highest BCUT2D eigenvalue weighted by Gasteiger charge is 2.11. The average molecular weight is 273 g/mol. The van der Waals surface area contributed by atoms with Gasteiger partial charge in [-0.15, -0.1) is 0 Å². The summed E-state index contributed by atoms with van der Waals surface area (Å²) in [4.78, 5) is 16.5. The summed E-state index contributed by atoms with van der Waals surface area (Å²) < 4.78 is 0. The van der Waals surface area contributed by atoms with Gasteiger partial charge in [-0.05, 0) is 43.7 Å². The minimum absolute atomic E-state index is 0.342. The van der Waals surface area contributed by atoms with Crippen molar-refractivity contribution in [3.63, 3.8) is 0 Å². The van der Waals surface area contributed by atoms with Gasteiger partial charge in [0.25, 0.3) is 5.91 Å². The number of rotatable bonds is 3. The molecule has 5 heteroatoms. The summed E-state index contributed by atoms with van der Waals surface area (Å²) in [6.45, 7) is 3.96. The molecule has 98 valence electrons. The second-order valence-corrected chi connectivity index (χ2v) is 5.37. The maximum Gasteiger partial charge on any atom is 0.250 e. The van der Waals surface area contributed by atoms with E-state index in [0.29, 0.717) is 11.3 Å². The van der Waals surface area contributed by atoms with Crippen molar-refractivity contribution in [3.8, 4) is 0 Å². The van der Waals surface area contributed by atoms with E-state index in [1.165, 1.54) is 11.8 Å². The largest absolute Gasteiger partial charge is 0.397 e. The predicted octanol–water partition coefficient (Wildman–Crippen LogP) is 2.53. The Balaban J connectivity index is 2.38. The molecule has 4 nitrogen and oxygen atoms in total. The molecule has 1 aromatic carbocycles. The number of aromatic nitrogens is 1. The molecular formula is C14H15N3OS. The van der Waals surface area contributed by atoms with Crippen molar-refractivity contribution in [2.75, 3.05) is 5.73 Å². The Bertz CT molecular complexity index is 620. The summed E-state index contributed by atoms with van der Waals surface area (Å²) >= 11 is 1.43. The van der Waals surface area contributed by atoms with E-state index >= 15 is 0 Å². The fourth-order valence-corrected chi connectivity index (χ4v) is 2.84. The molecule has 0 spiro atoms. The van der Waals surface area contributed by atoms with Crippen molar-refractivity contribution >= 4 is 23.4 Å². The van der Waals surface area contributed by atoms with Gasteiger partial charge in [0, 0.05) is 10.6 Å². The highest BCUT2D eigenvalue weighted by Crippen LogP contribution is 2.33. The number of aryl methyl sites for hydroxylation is 2. The van der Waals surface area contributed by atoms with Crippen molar-refractivity contribution in [2.45, 2.75) is 23.8 Å². The molecule has 0 aliphatic heterocycles. The fourth-order valence-electron chi connectivity index (χ4n) is 1.82. The molecule has 2 aromatic rings. The second-order valence-electron chi connectivity index (χ2n) is 4.31. The van der Waals surface area contributed by atoms with E-state index in [9.17, 15) is 4.79 Å². The van der Waals surface area contributed by atoms with Crippen molar-refractivity contribution in [1.82, 2.24) is 4.98 Å². The number of pyridine rings is 1. The van der Waals surface area contributed by atoms with Crippen LogP contribution in [0.15, 0.2) is 40.3 Å². The van der Waals surface area contributed by atoms with Crippen LogP contribution in [0.3, 0.4) is 0 Å². The minimum Gasteiger partial charge on any atom is -0.397 e. The molecule has 0 saturated heterocycles. The Labute approximate surface area is 116 Å². The summed E-state index contributed by atoms with van der Waals surface area (Å²) in [7, 11) is 0. The Morgan fingerprint density at radius 1 is 1.26 bits per heavy atom. The average Bonchev–Trinajstić information content (AvgIpc) is 2.30. The molecular weight excluding hydrogens is 258 g/mol. The number of amides is 1. The van der Waals surface area contributed by atoms with Crippen LogP contribution in [0.25, 0.3) is 0 Å². The fraction of sp³-hybridized carbons (Fsp3) is 0.143. The number of carbonyl (C=O) groups is 1. The van der Waals surface area contributed by atoms with Crippen molar-refractivity contribution in [2.24, 2.45) is 5.73 Å². The van der Waals surface area contributed by atoms with Crippen molar-refractivity contribution in [1.29, 1.82) is 0 Å². The monoisotopic (exact) mass is 273 g/mol. The smallest absolute Gasteiger partial charge is 0.250 e. The SMILES string of the molecule is Cc1cc(C)nc(Sc2cccc(C(N)=O)c2N)c1. The van der Waals surface area contributed by atoms with Gasteiger partial charge in [-0.2, -0.15) is 0 Å². The Morgan fingerprint density at radius 2 is 2.00 bits per heavy atom. The van der Waals surface area contributed by atoms with Crippen LogP contribution in [0, 0.1) is 13.8 Å². The molecule has 1 amide bonds. The number of primary amides is 1. The highest BCUT2D eigenvalue weighted by atomic mass is 32.2. The zero-order valence-electron chi connectivity index (χ0n) is 10.8. The minimum atomic E-state index is -0.520. The van der Waals surface area contributed by atoms with Crippen LogP contribution in [0.2, 0.25) is 0 Å². The van der Waals surface area contributed by atoms with E-state index in [2.05, 4.69) is 4.98 Å². The molecule has 0 radical (unpaired) electrons. The summed E-state index contributed by atoms with van der Waals surface area (Å²) in [6, 6.07) is 9.23. The molecule has 0 saturated carbocycles. The molecule has 2 rings (SSSR count). The standard InChI is InChI=1S/C14H15N3OS/c1-8-6-9(2)17-12(7-8)19-11-5-3-4-10(13(11)15)14(16)18/h3-7H,15H2,1-2H3,(H2,16,18). The zero-order valence-corrected chi connectivity index (χ0v) is 11.6. The lowest BCUT2D eigenvalue weighted by Gasteiger charge is -2.09. The lowest BCUT2D eigenvalue weighted by atomic mass is 10.2. The summed E-state index contributed by atoms with van der Waals surface area (Å²) in [5, 5.41) is 0.853. The molecule has 0 atom stereocenters. The number of nitrogen functional groups attached to an aromatic ring is 1. The number of hydrogen-bond donors (Lipinski definition) is 2. The number of carbonyl (C=O) groups excluding carboxylic acids is 1. The highest BCUT2D eigenvalue weighted by molar-refractivity contribution is 7.99. The summed E-state index contributed by atoms with van der Waals surface area (Å²) in [5.41, 5.74) is 14.1. The van der Waals surface area contributed by atoms with Crippen LogP contribution < -0.4 is 11.5 Å². The Hall–Kier alpha value is -2.01. The molecule has 0 bridgehead atoms. The van der Waals surface area contributed by atoms with E-state index in [-0.39, 0.29) is 0 Å². The van der Waals surface area contributed by atoms with Gasteiger partial charge in [-0.3, -0.25) is 4.79 Å². The molecule has 1 heterocycles. The van der Waals surface area contributed by atoms with Gasteiger partial charge < -0.3 is 11.5 Å². The third-order valence-corrected chi connectivity index (χ3v) is 3.61. The number of nitrogens with zero attached hydrogens (tertiary/aromatic N) is 1. The van der Waals surface area contributed by atoms with Crippen molar-refractivity contribution in [3.05, 3.63) is 47.2 Å². The normalized spacial score (nSPS) is 10.4. The van der Waals surface area contributed by atoms with Crippen LogP contribution in [-0.2, 0) is 0 Å². The van der Waals surface area contributed by atoms with E-state index in [1.54, 1.807) is 12.1 Å². The summed E-state index contributed by atoms with van der Waals surface area (Å²) in [6.07, 6.45) is 0. The first kappa shape index (κ1) is 13.4. The molecule has 0 aliphatic carbocycles. The van der Waals surface area contributed by atoms with Crippen LogP contribution in [0.4, 0.5) is 5.69 Å². The first-order chi connectivity index (χ1) is 8.97. The van der Waals surface area contributed by atoms with E-state index in [4.69, 9.17) is 11.5 Å². The Morgan fingerprint density at radius 3 is 2.63 bits per heavy atom. The van der Waals surface area contributed by atoms with Gasteiger partial charge in [0.1, 0.15) is 5.03 Å². The Kier molecular flexibility index (Phi) is 3.76. The van der Waals surface area contributed by atoms with Gasteiger partial charge in [0.2, 0.25) is 0 Å². The van der Waals surface area contributed by atoms with E-state index in [1.807, 2.05) is 32.0 Å². The number of para-hydroxylation sites is 1. The zero-order chi connectivity index (χ0) is 14.0. The van der Waals surface area contributed by atoms with Gasteiger partial charge >= 0.3 is 0 Å². The number of benzene rings is 1. The quantitative estimate of drug-likeness (QED) is 0.842. The number of anilines is 1. The van der Waals surface area contributed by atoms with Gasteiger partial charge in [-0.1, -0.05) is 17.8 Å². The molecule has 0 unspecified atom stereocenters. The van der Waals surface area contributed by atoms with Crippen molar-refractivity contribution < 1.29 is 4.79 Å². The predicted molar refractivity (Wildman–Crippen MR) is 77.2 cm³/mol. The lowest BCUT2D eigenvalue weighted by Crippen LogP contribution is -2.13. The van der Waals surface area contributed by atoms with E-state index < -0.39 is 5.91 Å². The van der Waals surface area contributed by atoms with E-state index in [0.717, 1.165) is 21.2 Å².